The summed E-state index contributed by atoms with van der Waals surface area (Å²) in [6, 6.07) is 30.3. The van der Waals surface area contributed by atoms with Gasteiger partial charge in [0.05, 0.1) is 0 Å². The van der Waals surface area contributed by atoms with E-state index in [1.807, 2.05) is 0 Å². The van der Waals surface area contributed by atoms with Crippen LogP contribution in [0.4, 0.5) is 0 Å². The third kappa shape index (κ3) is 2.21. The Morgan fingerprint density at radius 2 is 1.42 bits per heavy atom. The molecule has 1 unspecified atom stereocenters. The van der Waals surface area contributed by atoms with Crippen molar-refractivity contribution < 1.29 is 5.11 Å². The molecule has 26 heavy (non-hydrogen) atoms. The molecule has 1 atom stereocenters. The Hall–Kier alpha value is -2.90. The second kappa shape index (κ2) is 6.12. The summed E-state index contributed by atoms with van der Waals surface area (Å²) in [6.45, 7) is 0.200. The van der Waals surface area contributed by atoms with Gasteiger partial charge in [0.25, 0.3) is 0 Å². The number of hydrogen-bond acceptors (Lipinski definition) is 1. The van der Waals surface area contributed by atoms with E-state index in [0.717, 1.165) is 6.42 Å². The van der Waals surface area contributed by atoms with Crippen LogP contribution in [0.15, 0.2) is 84.9 Å². The maximum atomic E-state index is 9.68. The van der Waals surface area contributed by atoms with E-state index < -0.39 is 0 Å². The van der Waals surface area contributed by atoms with Gasteiger partial charge >= 0.3 is 0 Å². The number of benzene rings is 4. The predicted molar refractivity (Wildman–Crippen MR) is 108 cm³/mol. The van der Waals surface area contributed by atoms with Crippen molar-refractivity contribution in [2.75, 3.05) is 6.61 Å². The number of hydrogen-bond donors (Lipinski definition) is 1. The van der Waals surface area contributed by atoms with Crippen molar-refractivity contribution in [1.29, 1.82) is 0 Å². The van der Waals surface area contributed by atoms with Gasteiger partial charge in [-0.15, -0.1) is 0 Å². The summed E-state index contributed by atoms with van der Waals surface area (Å²) in [4.78, 5) is 0. The molecule has 0 heterocycles. The molecular weight excluding hydrogens is 316 g/mol. The highest BCUT2D eigenvalue weighted by atomic mass is 16.3. The lowest BCUT2D eigenvalue weighted by Crippen LogP contribution is -2.00. The van der Waals surface area contributed by atoms with Gasteiger partial charge in [-0.3, -0.25) is 0 Å². The summed E-state index contributed by atoms with van der Waals surface area (Å²) in [5, 5.41) is 12.2. The maximum absolute atomic E-state index is 9.68. The van der Waals surface area contributed by atoms with Gasteiger partial charge in [0.1, 0.15) is 0 Å². The van der Waals surface area contributed by atoms with Crippen molar-refractivity contribution in [3.63, 3.8) is 0 Å². The van der Waals surface area contributed by atoms with Crippen molar-refractivity contribution in [2.45, 2.75) is 12.3 Å². The van der Waals surface area contributed by atoms with E-state index in [4.69, 9.17) is 0 Å². The zero-order chi connectivity index (χ0) is 17.5. The van der Waals surface area contributed by atoms with E-state index in [1.54, 1.807) is 0 Å². The van der Waals surface area contributed by atoms with Gasteiger partial charge in [-0.25, -0.2) is 0 Å². The summed E-state index contributed by atoms with van der Waals surface area (Å²) < 4.78 is 0. The summed E-state index contributed by atoms with van der Waals surface area (Å²) >= 11 is 0. The van der Waals surface area contributed by atoms with E-state index >= 15 is 0 Å². The van der Waals surface area contributed by atoms with Crippen molar-refractivity contribution in [3.8, 4) is 22.3 Å². The molecule has 0 radical (unpaired) electrons. The fourth-order valence-corrected chi connectivity index (χ4v) is 4.48. The van der Waals surface area contributed by atoms with Crippen LogP contribution in [0.1, 0.15) is 23.5 Å². The SMILES string of the molecule is OCCC1c2ccccc2-c2c1cc1ccccc1c2-c1ccccc1. The summed E-state index contributed by atoms with van der Waals surface area (Å²) in [5.41, 5.74) is 7.89. The van der Waals surface area contributed by atoms with Gasteiger partial charge < -0.3 is 5.11 Å². The van der Waals surface area contributed by atoms with Gasteiger partial charge in [0.2, 0.25) is 0 Å². The Bertz CT molecular complexity index is 1100. The molecule has 1 aliphatic carbocycles. The molecule has 1 N–H and O–H groups in total. The summed E-state index contributed by atoms with van der Waals surface area (Å²) in [6.07, 6.45) is 0.760. The van der Waals surface area contributed by atoms with Crippen LogP contribution in [-0.2, 0) is 0 Å². The quantitative estimate of drug-likeness (QED) is 0.486. The molecule has 0 saturated heterocycles. The number of aliphatic hydroxyl groups excluding tert-OH is 1. The Labute approximate surface area is 153 Å². The van der Waals surface area contributed by atoms with Crippen molar-refractivity contribution in [3.05, 3.63) is 96.1 Å². The highest BCUT2D eigenvalue weighted by Crippen LogP contribution is 2.52. The zero-order valence-electron chi connectivity index (χ0n) is 14.5. The molecule has 1 heteroatoms. The second-order valence-corrected chi connectivity index (χ2v) is 6.96. The Morgan fingerprint density at radius 1 is 0.692 bits per heavy atom. The Morgan fingerprint density at radius 3 is 2.27 bits per heavy atom. The van der Waals surface area contributed by atoms with E-state index in [9.17, 15) is 5.11 Å². The molecule has 4 aromatic carbocycles. The van der Waals surface area contributed by atoms with Gasteiger partial charge in [-0.1, -0.05) is 78.9 Å². The van der Waals surface area contributed by atoms with E-state index in [0.29, 0.717) is 0 Å². The lowest BCUT2D eigenvalue weighted by Gasteiger charge is -2.16. The topological polar surface area (TPSA) is 20.2 Å². The normalized spacial score (nSPS) is 15.0. The first-order chi connectivity index (χ1) is 12.9. The van der Waals surface area contributed by atoms with Crippen LogP contribution in [0.5, 0.6) is 0 Å². The van der Waals surface area contributed by atoms with E-state index in [2.05, 4.69) is 84.9 Å². The average Bonchev–Trinajstić information content (AvgIpc) is 3.01. The fourth-order valence-electron chi connectivity index (χ4n) is 4.48. The largest absolute Gasteiger partial charge is 0.396 e. The standard InChI is InChI=1S/C25H20O/c26-15-14-21-20-12-6-7-13-22(20)25-23(21)16-18-10-4-5-11-19(18)24(25)17-8-2-1-3-9-17/h1-13,16,21,26H,14-15H2. The van der Waals surface area contributed by atoms with Crippen LogP contribution >= 0.6 is 0 Å². The molecule has 0 amide bonds. The smallest absolute Gasteiger partial charge is 0.0440 e. The first kappa shape index (κ1) is 15.4. The van der Waals surface area contributed by atoms with Crippen molar-refractivity contribution in [2.24, 2.45) is 0 Å². The van der Waals surface area contributed by atoms with E-state index in [-0.39, 0.29) is 12.5 Å². The molecule has 4 aromatic rings. The Kier molecular flexibility index (Phi) is 3.62. The predicted octanol–water partition coefficient (Wildman–Crippen LogP) is 6.00. The molecule has 0 spiro atoms. The highest BCUT2D eigenvalue weighted by molar-refractivity contribution is 6.07. The minimum Gasteiger partial charge on any atom is -0.396 e. The van der Waals surface area contributed by atoms with Gasteiger partial charge in [-0.2, -0.15) is 0 Å². The molecular formula is C25H20O. The molecule has 5 rings (SSSR count). The molecule has 0 bridgehead atoms. The number of aliphatic hydroxyl groups is 1. The number of fused-ring (bicyclic) bond motifs is 4. The fraction of sp³-hybridized carbons (Fsp3) is 0.120. The number of rotatable bonds is 3. The second-order valence-electron chi connectivity index (χ2n) is 6.96. The summed E-state index contributed by atoms with van der Waals surface area (Å²) in [5.74, 6) is 0.262. The van der Waals surface area contributed by atoms with Crippen LogP contribution in [0.2, 0.25) is 0 Å². The highest BCUT2D eigenvalue weighted by Gasteiger charge is 2.31. The molecule has 0 saturated carbocycles. The minimum absolute atomic E-state index is 0.200. The maximum Gasteiger partial charge on any atom is 0.0440 e. The zero-order valence-corrected chi connectivity index (χ0v) is 14.5. The Balaban J connectivity index is 1.93. The van der Waals surface area contributed by atoms with Gasteiger partial charge in [0, 0.05) is 12.5 Å². The van der Waals surface area contributed by atoms with Crippen LogP contribution < -0.4 is 0 Å². The monoisotopic (exact) mass is 336 g/mol. The summed E-state index contributed by atoms with van der Waals surface area (Å²) in [7, 11) is 0. The molecule has 126 valence electrons. The van der Waals surface area contributed by atoms with Crippen LogP contribution in [-0.4, -0.2) is 11.7 Å². The molecule has 1 aliphatic rings. The lowest BCUT2D eigenvalue weighted by atomic mass is 9.87. The molecule has 0 aromatic heterocycles. The first-order valence-electron chi connectivity index (χ1n) is 9.19. The average molecular weight is 336 g/mol. The van der Waals surface area contributed by atoms with Crippen LogP contribution in [0.3, 0.4) is 0 Å². The molecule has 1 nitrogen and oxygen atoms in total. The first-order valence-corrected chi connectivity index (χ1v) is 9.19. The van der Waals surface area contributed by atoms with E-state index in [1.165, 1.54) is 44.2 Å². The van der Waals surface area contributed by atoms with Gasteiger partial charge in [-0.05, 0) is 56.6 Å². The van der Waals surface area contributed by atoms with Crippen LogP contribution in [0.25, 0.3) is 33.0 Å². The van der Waals surface area contributed by atoms with Crippen LogP contribution in [0, 0.1) is 0 Å². The third-order valence-electron chi connectivity index (χ3n) is 5.54. The van der Waals surface area contributed by atoms with Crippen molar-refractivity contribution >= 4 is 10.8 Å². The third-order valence-corrected chi connectivity index (χ3v) is 5.54. The lowest BCUT2D eigenvalue weighted by molar-refractivity contribution is 0.282. The minimum atomic E-state index is 0.200. The molecule has 0 fully saturated rings. The van der Waals surface area contributed by atoms with Crippen molar-refractivity contribution in [1.82, 2.24) is 0 Å². The molecule has 0 aliphatic heterocycles. The van der Waals surface area contributed by atoms with Gasteiger partial charge in [0.15, 0.2) is 0 Å².